The molecule has 0 fully saturated rings. The number of carboxylic acids is 1. The average Bonchev–Trinajstić information content (AvgIpc) is 2.41. The Hall–Kier alpha value is -1.81. The molecule has 0 amide bonds. The summed E-state index contributed by atoms with van der Waals surface area (Å²) in [6.07, 6.45) is 0. The number of nitrogens with zero attached hydrogens (tertiary/aromatic N) is 1. The van der Waals surface area contributed by atoms with Gasteiger partial charge in [0.25, 0.3) is 0 Å². The number of hydrogen-bond acceptors (Lipinski definition) is 2. The number of hydrogen-bond donors (Lipinski definition) is 1. The van der Waals surface area contributed by atoms with Gasteiger partial charge < -0.3 is 10.0 Å². The average molecular weight is 348 g/mol. The third-order valence-electron chi connectivity index (χ3n) is 3.30. The lowest BCUT2D eigenvalue weighted by atomic mass is 10.1. The maximum absolute atomic E-state index is 11.1. The smallest absolute Gasteiger partial charge is 0.323 e. The standard InChI is InChI=1S/C17H18BrNO2/c1-12-4-7-15(8-5-12)19(11-17(20)21)10-14-6-3-13(2)9-16(14)18/h3-9H,10-11H2,1-2H3,(H,20,21). The lowest BCUT2D eigenvalue weighted by Gasteiger charge is -2.24. The normalized spacial score (nSPS) is 10.4. The highest BCUT2D eigenvalue weighted by Crippen LogP contribution is 2.23. The van der Waals surface area contributed by atoms with Gasteiger partial charge in [-0.15, -0.1) is 0 Å². The van der Waals surface area contributed by atoms with Crippen molar-refractivity contribution in [1.82, 2.24) is 0 Å². The second kappa shape index (κ2) is 6.76. The van der Waals surface area contributed by atoms with Crippen molar-refractivity contribution in [3.05, 3.63) is 63.6 Å². The minimum absolute atomic E-state index is 0.0244. The Bertz CT molecular complexity index is 638. The zero-order chi connectivity index (χ0) is 15.4. The Morgan fingerprint density at radius 2 is 1.71 bits per heavy atom. The van der Waals surface area contributed by atoms with Crippen molar-refractivity contribution in [2.24, 2.45) is 0 Å². The van der Waals surface area contributed by atoms with Crippen LogP contribution in [0.2, 0.25) is 0 Å². The van der Waals surface area contributed by atoms with Gasteiger partial charge in [0, 0.05) is 16.7 Å². The first-order chi connectivity index (χ1) is 9.95. The van der Waals surface area contributed by atoms with Gasteiger partial charge in [0.1, 0.15) is 6.54 Å². The molecule has 0 aromatic heterocycles. The predicted octanol–water partition coefficient (Wildman–Crippen LogP) is 4.16. The minimum Gasteiger partial charge on any atom is -0.480 e. The zero-order valence-corrected chi connectivity index (χ0v) is 13.7. The second-order valence-corrected chi connectivity index (χ2v) is 6.03. The van der Waals surface area contributed by atoms with Gasteiger partial charge in [0.15, 0.2) is 0 Å². The maximum Gasteiger partial charge on any atom is 0.323 e. The fourth-order valence-corrected chi connectivity index (χ4v) is 2.76. The van der Waals surface area contributed by atoms with Crippen LogP contribution in [-0.2, 0) is 11.3 Å². The van der Waals surface area contributed by atoms with Crippen LogP contribution < -0.4 is 4.90 Å². The second-order valence-electron chi connectivity index (χ2n) is 5.18. The number of rotatable bonds is 5. The molecule has 0 saturated carbocycles. The molecule has 0 saturated heterocycles. The summed E-state index contributed by atoms with van der Waals surface area (Å²) >= 11 is 3.55. The molecular formula is C17H18BrNO2. The largest absolute Gasteiger partial charge is 0.480 e. The molecule has 110 valence electrons. The van der Waals surface area contributed by atoms with Gasteiger partial charge in [-0.1, -0.05) is 45.8 Å². The SMILES string of the molecule is Cc1ccc(N(CC(=O)O)Cc2ccc(C)cc2Br)cc1. The van der Waals surface area contributed by atoms with Crippen LogP contribution in [0.5, 0.6) is 0 Å². The quantitative estimate of drug-likeness (QED) is 0.882. The van der Waals surface area contributed by atoms with E-state index in [9.17, 15) is 4.79 Å². The summed E-state index contributed by atoms with van der Waals surface area (Å²) in [4.78, 5) is 13.0. The molecule has 0 spiro atoms. The Morgan fingerprint density at radius 1 is 1.10 bits per heavy atom. The number of carbonyl (C=O) groups is 1. The summed E-state index contributed by atoms with van der Waals surface area (Å²) in [6, 6.07) is 14.0. The highest BCUT2D eigenvalue weighted by molar-refractivity contribution is 9.10. The lowest BCUT2D eigenvalue weighted by molar-refractivity contribution is -0.135. The van der Waals surface area contributed by atoms with Crippen molar-refractivity contribution in [3.8, 4) is 0 Å². The minimum atomic E-state index is -0.834. The third-order valence-corrected chi connectivity index (χ3v) is 4.03. The van der Waals surface area contributed by atoms with E-state index in [1.807, 2.05) is 61.2 Å². The van der Waals surface area contributed by atoms with Gasteiger partial charge in [-0.3, -0.25) is 4.79 Å². The number of benzene rings is 2. The van der Waals surface area contributed by atoms with Crippen LogP contribution in [0.4, 0.5) is 5.69 Å². The molecule has 21 heavy (non-hydrogen) atoms. The maximum atomic E-state index is 11.1. The Balaban J connectivity index is 2.27. The van der Waals surface area contributed by atoms with Crippen molar-refractivity contribution in [3.63, 3.8) is 0 Å². The summed E-state index contributed by atoms with van der Waals surface area (Å²) in [6.45, 7) is 4.57. The Kier molecular flexibility index (Phi) is 5.02. The fraction of sp³-hybridized carbons (Fsp3) is 0.235. The fourth-order valence-electron chi connectivity index (χ4n) is 2.14. The molecule has 2 rings (SSSR count). The topological polar surface area (TPSA) is 40.5 Å². The van der Waals surface area contributed by atoms with Crippen molar-refractivity contribution in [2.45, 2.75) is 20.4 Å². The van der Waals surface area contributed by atoms with Crippen molar-refractivity contribution >= 4 is 27.6 Å². The van der Waals surface area contributed by atoms with E-state index in [1.165, 1.54) is 5.56 Å². The van der Waals surface area contributed by atoms with Crippen LogP contribution in [0.3, 0.4) is 0 Å². The molecule has 0 aliphatic carbocycles. The number of carboxylic acid groups (broad SMARTS) is 1. The third kappa shape index (κ3) is 4.33. The molecule has 0 heterocycles. The number of anilines is 1. The summed E-state index contributed by atoms with van der Waals surface area (Å²) < 4.78 is 1.00. The van der Waals surface area contributed by atoms with E-state index in [2.05, 4.69) is 15.9 Å². The number of aryl methyl sites for hydroxylation is 2. The zero-order valence-electron chi connectivity index (χ0n) is 12.1. The van der Waals surface area contributed by atoms with Gasteiger partial charge in [-0.05, 0) is 43.2 Å². The molecule has 2 aromatic carbocycles. The van der Waals surface area contributed by atoms with Crippen LogP contribution >= 0.6 is 15.9 Å². The van der Waals surface area contributed by atoms with Gasteiger partial charge in [-0.2, -0.15) is 0 Å². The molecule has 0 radical (unpaired) electrons. The molecule has 0 atom stereocenters. The van der Waals surface area contributed by atoms with Gasteiger partial charge in [0.05, 0.1) is 0 Å². The van der Waals surface area contributed by atoms with E-state index >= 15 is 0 Å². The van der Waals surface area contributed by atoms with Crippen molar-refractivity contribution < 1.29 is 9.90 Å². The molecule has 0 unspecified atom stereocenters. The van der Waals surface area contributed by atoms with E-state index in [4.69, 9.17) is 5.11 Å². The van der Waals surface area contributed by atoms with Crippen LogP contribution in [0.25, 0.3) is 0 Å². The molecule has 0 aliphatic rings. The van der Waals surface area contributed by atoms with Crippen molar-refractivity contribution in [2.75, 3.05) is 11.4 Å². The van der Waals surface area contributed by atoms with Crippen molar-refractivity contribution in [1.29, 1.82) is 0 Å². The predicted molar refractivity (Wildman–Crippen MR) is 88.7 cm³/mol. The van der Waals surface area contributed by atoms with E-state index in [1.54, 1.807) is 0 Å². The first-order valence-corrected chi connectivity index (χ1v) is 7.53. The lowest BCUT2D eigenvalue weighted by Crippen LogP contribution is -2.29. The van der Waals surface area contributed by atoms with E-state index in [0.717, 1.165) is 21.3 Å². The monoisotopic (exact) mass is 347 g/mol. The molecule has 1 N–H and O–H groups in total. The number of aliphatic carboxylic acids is 1. The van der Waals surface area contributed by atoms with E-state index in [-0.39, 0.29) is 6.54 Å². The Labute approximate surface area is 133 Å². The number of halogens is 1. The highest BCUT2D eigenvalue weighted by Gasteiger charge is 2.13. The molecule has 0 bridgehead atoms. The van der Waals surface area contributed by atoms with Crippen LogP contribution in [-0.4, -0.2) is 17.6 Å². The first-order valence-electron chi connectivity index (χ1n) is 6.74. The molecule has 0 aliphatic heterocycles. The summed E-state index contributed by atoms with van der Waals surface area (Å²) in [5.74, 6) is -0.834. The molecule has 2 aromatic rings. The highest BCUT2D eigenvalue weighted by atomic mass is 79.9. The van der Waals surface area contributed by atoms with Crippen LogP contribution in [0.15, 0.2) is 46.9 Å². The van der Waals surface area contributed by atoms with E-state index < -0.39 is 5.97 Å². The summed E-state index contributed by atoms with van der Waals surface area (Å²) in [5, 5.41) is 9.14. The first kappa shape index (κ1) is 15.6. The van der Waals surface area contributed by atoms with Crippen LogP contribution in [0.1, 0.15) is 16.7 Å². The van der Waals surface area contributed by atoms with Gasteiger partial charge in [0.2, 0.25) is 0 Å². The molecule has 3 nitrogen and oxygen atoms in total. The van der Waals surface area contributed by atoms with Gasteiger partial charge >= 0.3 is 5.97 Å². The Morgan fingerprint density at radius 3 is 2.29 bits per heavy atom. The summed E-state index contributed by atoms with van der Waals surface area (Å²) in [5.41, 5.74) is 4.31. The van der Waals surface area contributed by atoms with Crippen LogP contribution in [0, 0.1) is 13.8 Å². The molecule has 4 heteroatoms. The van der Waals surface area contributed by atoms with Gasteiger partial charge in [-0.25, -0.2) is 0 Å². The van der Waals surface area contributed by atoms with E-state index in [0.29, 0.717) is 6.54 Å². The summed E-state index contributed by atoms with van der Waals surface area (Å²) in [7, 11) is 0. The molecular weight excluding hydrogens is 330 g/mol.